The maximum absolute atomic E-state index is 6.73. The molecular weight excluding hydrogens is 886 g/mol. The molecule has 1 fully saturated rings. The van der Waals surface area contributed by atoms with Crippen LogP contribution in [0.2, 0.25) is 0 Å². The van der Waals surface area contributed by atoms with Crippen LogP contribution in [0.25, 0.3) is 33.1 Å². The highest BCUT2D eigenvalue weighted by Crippen LogP contribution is 2.62. The minimum absolute atomic E-state index is 0.0195. The zero-order valence-electron chi connectivity index (χ0n) is 44.7. The van der Waals surface area contributed by atoms with Crippen LogP contribution in [-0.4, -0.2) is 12.3 Å². The van der Waals surface area contributed by atoms with Crippen LogP contribution >= 0.6 is 0 Å². The molecule has 1 aliphatic carbocycles. The highest BCUT2D eigenvalue weighted by Gasteiger charge is 2.58. The van der Waals surface area contributed by atoms with E-state index in [1.807, 2.05) is 0 Å². The van der Waals surface area contributed by atoms with Crippen LogP contribution in [0, 0.1) is 0 Å². The fourth-order valence-electron chi connectivity index (χ4n) is 13.5. The number of anilines is 8. The standard InChI is InChI=1S/C68H68BN3O/c1-64(2,3)45-24-28-48(29-25-45)70-57-33-26-46(65(4,5)6)38-54(57)69-55-39-47(66(7,8)9)27-34-58(55)71(49-30-31-52-51-21-15-16-22-61(51)73-62(52)42-49)60-41-50(40-59(70)63(60)69)72-56-32-23-44(43-19-13-12-14-20-43)37-53(56)67(10)35-17-18-36-68(67,72)11/h12-16,19-34,37-42H,17-18,35-36H2,1-11H3. The summed E-state index contributed by atoms with van der Waals surface area (Å²) in [7, 11) is 0. The molecule has 3 aliphatic heterocycles. The Hall–Kier alpha value is -6.98. The average Bonchev–Trinajstić information content (AvgIpc) is 3.84. The van der Waals surface area contributed by atoms with Crippen molar-refractivity contribution in [1.82, 2.24) is 0 Å². The summed E-state index contributed by atoms with van der Waals surface area (Å²) in [4.78, 5) is 7.99. The van der Waals surface area contributed by atoms with Crippen LogP contribution in [0.15, 0.2) is 168 Å². The van der Waals surface area contributed by atoms with E-state index in [0.29, 0.717) is 0 Å². The number of hydrogen-bond acceptors (Lipinski definition) is 4. The van der Waals surface area contributed by atoms with Crippen LogP contribution in [0.5, 0.6) is 0 Å². The predicted molar refractivity (Wildman–Crippen MR) is 312 cm³/mol. The predicted octanol–water partition coefficient (Wildman–Crippen LogP) is 17.0. The third-order valence-electron chi connectivity index (χ3n) is 17.9. The molecule has 13 rings (SSSR count). The van der Waals surface area contributed by atoms with E-state index in [0.717, 1.165) is 40.5 Å². The number of benzene rings is 8. The Balaban J connectivity index is 1.14. The zero-order chi connectivity index (χ0) is 50.6. The molecule has 2 unspecified atom stereocenters. The van der Waals surface area contributed by atoms with Crippen molar-refractivity contribution in [2.75, 3.05) is 14.7 Å². The number of nitrogens with zero attached hydrogens (tertiary/aromatic N) is 3. The second-order valence-electron chi connectivity index (χ2n) is 25.4. The molecule has 1 aromatic heterocycles. The molecule has 5 heteroatoms. The molecule has 73 heavy (non-hydrogen) atoms. The zero-order valence-corrected chi connectivity index (χ0v) is 44.7. The number of para-hydroxylation sites is 1. The lowest BCUT2D eigenvalue weighted by Gasteiger charge is -2.51. The first-order chi connectivity index (χ1) is 34.8. The molecule has 9 aromatic rings. The van der Waals surface area contributed by atoms with Crippen LogP contribution in [-0.2, 0) is 21.7 Å². The Bertz CT molecular complexity index is 3700. The van der Waals surface area contributed by atoms with Gasteiger partial charge >= 0.3 is 0 Å². The number of hydrogen-bond donors (Lipinski definition) is 0. The summed E-state index contributed by atoms with van der Waals surface area (Å²) in [5, 5.41) is 2.28. The SMILES string of the molecule is CC(C)(C)c1ccc(N2c3ccc(C(C)(C)C)cc3B3c4cc(C(C)(C)C)ccc4N(c4ccc5c(c4)oc4ccccc45)c4cc(N5c6ccc(-c7ccccc7)cc6C6(C)CCCCC56C)cc2c43)cc1. The van der Waals surface area contributed by atoms with Gasteiger partial charge in [-0.1, -0.05) is 173 Å². The van der Waals surface area contributed by atoms with Crippen molar-refractivity contribution in [3.8, 4) is 11.1 Å². The summed E-state index contributed by atoms with van der Waals surface area (Å²) in [6.45, 7) is 26.2. The Morgan fingerprint density at radius 3 is 1.63 bits per heavy atom. The Morgan fingerprint density at radius 2 is 0.986 bits per heavy atom. The lowest BCUT2D eigenvalue weighted by atomic mass is 9.33. The topological polar surface area (TPSA) is 22.9 Å². The number of furan rings is 1. The van der Waals surface area contributed by atoms with Crippen LogP contribution in [0.1, 0.15) is 124 Å². The van der Waals surface area contributed by atoms with Crippen molar-refractivity contribution in [2.24, 2.45) is 0 Å². The fraction of sp³-hybridized carbons (Fsp3) is 0.294. The van der Waals surface area contributed by atoms with E-state index < -0.39 is 0 Å². The second kappa shape index (κ2) is 15.8. The summed E-state index contributed by atoms with van der Waals surface area (Å²) < 4.78 is 6.73. The summed E-state index contributed by atoms with van der Waals surface area (Å²) in [5.74, 6) is 0. The Kier molecular flexibility index (Phi) is 9.90. The van der Waals surface area contributed by atoms with Crippen LogP contribution < -0.4 is 31.1 Å². The maximum atomic E-state index is 6.73. The van der Waals surface area contributed by atoms with Crippen molar-refractivity contribution in [3.63, 3.8) is 0 Å². The van der Waals surface area contributed by atoms with Gasteiger partial charge in [-0.3, -0.25) is 0 Å². The first kappa shape index (κ1) is 45.9. The highest BCUT2D eigenvalue weighted by atomic mass is 16.3. The molecule has 0 amide bonds. The van der Waals surface area contributed by atoms with Gasteiger partial charge in [0.15, 0.2) is 0 Å². The lowest BCUT2D eigenvalue weighted by molar-refractivity contribution is 0.195. The molecule has 4 nitrogen and oxygen atoms in total. The van der Waals surface area contributed by atoms with Gasteiger partial charge in [0, 0.05) is 67.8 Å². The third-order valence-corrected chi connectivity index (χ3v) is 17.9. The number of fused-ring (bicyclic) bond motifs is 10. The van der Waals surface area contributed by atoms with E-state index in [2.05, 4.69) is 255 Å². The lowest BCUT2D eigenvalue weighted by Crippen LogP contribution is -2.62. The molecular formula is C68H68BN3O. The van der Waals surface area contributed by atoms with Gasteiger partial charge in [0.05, 0.1) is 5.54 Å². The smallest absolute Gasteiger partial charge is 0.252 e. The maximum Gasteiger partial charge on any atom is 0.252 e. The van der Waals surface area contributed by atoms with E-state index in [1.54, 1.807) is 0 Å². The normalized spacial score (nSPS) is 19.2. The van der Waals surface area contributed by atoms with E-state index in [9.17, 15) is 0 Å². The van der Waals surface area contributed by atoms with Crippen molar-refractivity contribution >= 4 is 90.5 Å². The molecule has 8 aromatic carbocycles. The van der Waals surface area contributed by atoms with Crippen molar-refractivity contribution in [2.45, 2.75) is 129 Å². The number of rotatable bonds is 4. The summed E-state index contributed by atoms with van der Waals surface area (Å²) in [6.07, 6.45) is 4.68. The van der Waals surface area contributed by atoms with E-state index in [1.165, 1.54) is 102 Å². The molecule has 0 N–H and O–H groups in total. The quantitative estimate of drug-likeness (QED) is 0.164. The average molecular weight is 954 g/mol. The molecule has 2 atom stereocenters. The van der Waals surface area contributed by atoms with Gasteiger partial charge in [0.2, 0.25) is 0 Å². The van der Waals surface area contributed by atoms with Gasteiger partial charge in [0.25, 0.3) is 6.71 Å². The van der Waals surface area contributed by atoms with Gasteiger partial charge < -0.3 is 19.1 Å². The van der Waals surface area contributed by atoms with Gasteiger partial charge in [-0.2, -0.15) is 0 Å². The summed E-state index contributed by atoms with van der Waals surface area (Å²) in [6, 6.07) is 63.0. The third kappa shape index (κ3) is 6.86. The second-order valence-corrected chi connectivity index (χ2v) is 25.4. The van der Waals surface area contributed by atoms with E-state index in [-0.39, 0.29) is 33.9 Å². The van der Waals surface area contributed by atoms with Gasteiger partial charge in [-0.25, -0.2) is 0 Å². The monoisotopic (exact) mass is 954 g/mol. The van der Waals surface area contributed by atoms with E-state index in [4.69, 9.17) is 4.42 Å². The van der Waals surface area contributed by atoms with E-state index >= 15 is 0 Å². The molecule has 0 spiro atoms. The molecule has 364 valence electrons. The minimum Gasteiger partial charge on any atom is -0.456 e. The van der Waals surface area contributed by atoms with Crippen molar-refractivity contribution < 1.29 is 4.42 Å². The van der Waals surface area contributed by atoms with Gasteiger partial charge in [-0.05, 0) is 153 Å². The molecule has 1 saturated carbocycles. The molecule has 4 heterocycles. The molecule has 0 radical (unpaired) electrons. The van der Waals surface area contributed by atoms with Crippen LogP contribution in [0.3, 0.4) is 0 Å². The molecule has 4 aliphatic rings. The Morgan fingerprint density at radius 1 is 0.438 bits per heavy atom. The van der Waals surface area contributed by atoms with Crippen LogP contribution in [0.4, 0.5) is 45.5 Å². The Labute approximate surface area is 433 Å². The largest absolute Gasteiger partial charge is 0.456 e. The fourth-order valence-corrected chi connectivity index (χ4v) is 13.5. The summed E-state index contributed by atoms with van der Waals surface area (Å²) in [5.41, 5.74) is 23.2. The first-order valence-electron chi connectivity index (χ1n) is 26.9. The van der Waals surface area contributed by atoms with Gasteiger partial charge in [0.1, 0.15) is 11.2 Å². The molecule has 0 saturated heterocycles. The van der Waals surface area contributed by atoms with Crippen molar-refractivity contribution in [1.29, 1.82) is 0 Å². The highest BCUT2D eigenvalue weighted by molar-refractivity contribution is 7.00. The first-order valence-corrected chi connectivity index (χ1v) is 26.9. The molecule has 0 bridgehead atoms. The minimum atomic E-state index is -0.178. The summed E-state index contributed by atoms with van der Waals surface area (Å²) >= 11 is 0. The van der Waals surface area contributed by atoms with Gasteiger partial charge in [-0.15, -0.1) is 0 Å². The van der Waals surface area contributed by atoms with Crippen molar-refractivity contribution in [3.05, 3.63) is 186 Å².